The highest BCUT2D eigenvalue weighted by Crippen LogP contribution is 2.44. The Morgan fingerprint density at radius 1 is 0.800 bits per heavy atom. The smallest absolute Gasteiger partial charge is 0.382 e. The molecule has 1 unspecified atom stereocenters. The Kier molecular flexibility index (Phi) is 23.1. The number of thioether (sulfide) groups is 1. The molecule has 1 aliphatic carbocycles. The summed E-state index contributed by atoms with van der Waals surface area (Å²) in [6.45, 7) is 18.0. The molecule has 19 nitrogen and oxygen atoms in total. The average molecular weight is 1390 g/mol. The third-order valence-corrected chi connectivity index (χ3v) is 22.1. The number of rotatable bonds is 29. The maximum atomic E-state index is 14.6. The summed E-state index contributed by atoms with van der Waals surface area (Å²) in [6.07, 6.45) is 4.56. The second kappa shape index (κ2) is 30.3. The van der Waals surface area contributed by atoms with Crippen LogP contribution in [0.4, 0.5) is 30.2 Å². The predicted octanol–water partition coefficient (Wildman–Crippen LogP) is 11.3. The van der Waals surface area contributed by atoms with Gasteiger partial charge in [-0.25, -0.2) is 21.6 Å². The Bertz CT molecular complexity index is 3890. The van der Waals surface area contributed by atoms with Crippen LogP contribution in [0, 0.1) is 5.41 Å². The van der Waals surface area contributed by atoms with Crippen LogP contribution in [0.3, 0.4) is 0 Å². The van der Waals surface area contributed by atoms with Crippen LogP contribution < -0.4 is 25.6 Å². The number of nitrogens with one attached hydrogen (secondary N) is 4. The fourth-order valence-corrected chi connectivity index (χ4v) is 15.3. The van der Waals surface area contributed by atoms with Gasteiger partial charge in [0.25, 0.3) is 37.6 Å². The molecule has 5 aromatic carbocycles. The number of nitrogens with zero attached hydrogens (tertiary/aromatic N) is 4. The second-order valence-corrected chi connectivity index (χ2v) is 31.8. The van der Waals surface area contributed by atoms with Gasteiger partial charge >= 0.3 is 5.51 Å². The molecule has 0 saturated carbocycles. The van der Waals surface area contributed by atoms with Crippen LogP contribution in [-0.4, -0.2) is 168 Å². The number of benzene rings is 5. The van der Waals surface area contributed by atoms with E-state index in [1.165, 1.54) is 46.7 Å². The highest BCUT2D eigenvalue weighted by Gasteiger charge is 2.49. The van der Waals surface area contributed by atoms with E-state index in [4.69, 9.17) is 21.1 Å². The minimum absolute atomic E-state index is 0.0121. The molecule has 5 aromatic rings. The molecule has 0 bridgehead atoms. The number of fused-ring (bicyclic) bond motifs is 1. The van der Waals surface area contributed by atoms with E-state index in [1.807, 2.05) is 86.8 Å². The molecule has 2 atom stereocenters. The SMILES string of the molecule is CN(CC[C@H](CSc1ccccc1)Nc1ccc(S(=O)(=O)NC(=O)c2ccc(N3CCN(CC4=C(c5ccc(Cl)cc5)CCC(C)(C)C4)CC3)cc2)cc1S(=O)(=O)C(F)(F)F)CCC(C)(C)OCCC(C)(C)OCCNc1cccc2c1C(=O)N(C1CCC(=O)NC1=O)C2=O. The number of hydrogen-bond acceptors (Lipinski definition) is 17. The number of ether oxygens (including phenoxy) is 2. The average Bonchev–Trinajstić information content (AvgIpc) is 1.74. The summed E-state index contributed by atoms with van der Waals surface area (Å²) in [6, 6.07) is 29.1. The summed E-state index contributed by atoms with van der Waals surface area (Å²) in [7, 11) is -9.21. The number of anilines is 3. The molecule has 4 N–H and O–H groups in total. The molecule has 2 saturated heterocycles. The van der Waals surface area contributed by atoms with Gasteiger partial charge in [0.05, 0.1) is 46.1 Å². The summed E-state index contributed by atoms with van der Waals surface area (Å²) in [5, 5.41) is 9.11. The van der Waals surface area contributed by atoms with E-state index in [0.717, 1.165) is 66.5 Å². The Labute approximate surface area is 564 Å². The molecule has 3 aliphatic heterocycles. The van der Waals surface area contributed by atoms with Crippen molar-refractivity contribution in [1.29, 1.82) is 0 Å². The molecule has 5 amide bonds. The van der Waals surface area contributed by atoms with Crippen LogP contribution in [-0.2, 0) is 38.9 Å². The Hall–Kier alpha value is -6.84. The Morgan fingerprint density at radius 2 is 1.48 bits per heavy atom. The third-order valence-electron chi connectivity index (χ3n) is 17.8. The molecule has 0 aromatic heterocycles. The number of alkyl halides is 3. The number of carbonyl (C=O) groups is 5. The van der Waals surface area contributed by atoms with Crippen molar-refractivity contribution in [2.24, 2.45) is 5.41 Å². The molecule has 9 rings (SSSR count). The van der Waals surface area contributed by atoms with E-state index < -0.39 is 93.7 Å². The standard InChI is InChI=1S/C69H84ClF3N8O11S3/c1-66(2)30-28-54(46-16-20-49(70)21-17-46)48(43-66)44-79-36-38-80(39-37-79)51-22-18-47(19-23-51)62(83)77-95(89,90)53-24-25-56(59(42-53)94(87,88)69(71,72)73)75-50(45-93-52-12-9-8-10-13-52)29-34-78(7)35-31-67(3,4)91-40-32-68(5,6)92-41-33-74-57-15-11-14-55-61(57)65(86)81(64(55)85)58-26-27-60(82)76-63(58)84/h8-25,42,50,58,74-75H,26-41,43-45H2,1-7H3,(H,77,83)(H,76,82,84)/t50-,58?/m1/s1. The fraction of sp³-hybridized carbons (Fsp3) is 0.464. The van der Waals surface area contributed by atoms with Gasteiger partial charge in [0, 0.05) is 90.9 Å². The van der Waals surface area contributed by atoms with Crippen LogP contribution >= 0.6 is 23.4 Å². The second-order valence-electron chi connectivity index (χ2n) is 26.7. The van der Waals surface area contributed by atoms with Crippen LogP contribution in [0.15, 0.2) is 136 Å². The molecular weight excluding hydrogens is 1310 g/mol. The van der Waals surface area contributed by atoms with Crippen molar-refractivity contribution in [2.75, 3.05) is 93.9 Å². The predicted molar refractivity (Wildman–Crippen MR) is 363 cm³/mol. The van der Waals surface area contributed by atoms with Crippen molar-refractivity contribution in [3.8, 4) is 0 Å². The van der Waals surface area contributed by atoms with Crippen LogP contribution in [0.5, 0.6) is 0 Å². The molecule has 512 valence electrons. The number of hydrogen-bond donors (Lipinski definition) is 4. The van der Waals surface area contributed by atoms with Gasteiger partial charge in [0.15, 0.2) is 0 Å². The molecule has 95 heavy (non-hydrogen) atoms. The molecule has 26 heteroatoms. The first-order chi connectivity index (χ1) is 44.8. The first-order valence-electron chi connectivity index (χ1n) is 31.8. The molecule has 0 radical (unpaired) electrons. The van der Waals surface area contributed by atoms with Crippen LogP contribution in [0.2, 0.25) is 5.02 Å². The lowest BCUT2D eigenvalue weighted by atomic mass is 9.73. The van der Waals surface area contributed by atoms with Crippen LogP contribution in [0.25, 0.3) is 5.57 Å². The van der Waals surface area contributed by atoms with Gasteiger partial charge in [0.1, 0.15) is 10.9 Å². The summed E-state index contributed by atoms with van der Waals surface area (Å²) in [5.41, 5.74) is -1.80. The maximum absolute atomic E-state index is 14.6. The molecule has 0 spiro atoms. The minimum atomic E-state index is -6.17. The lowest BCUT2D eigenvalue weighted by Crippen LogP contribution is -2.54. The van der Waals surface area contributed by atoms with E-state index in [2.05, 4.69) is 51.7 Å². The van der Waals surface area contributed by atoms with Gasteiger partial charge in [-0.05, 0) is 182 Å². The molecule has 2 fully saturated rings. The third kappa shape index (κ3) is 18.6. The van der Waals surface area contributed by atoms with E-state index in [-0.39, 0.29) is 53.9 Å². The van der Waals surface area contributed by atoms with E-state index >= 15 is 0 Å². The van der Waals surface area contributed by atoms with Gasteiger partial charge < -0.3 is 29.9 Å². The largest absolute Gasteiger partial charge is 0.501 e. The number of sulfonamides is 1. The fourth-order valence-electron chi connectivity index (χ4n) is 12.2. The van der Waals surface area contributed by atoms with Gasteiger partial charge in [-0.2, -0.15) is 13.2 Å². The number of piperazine rings is 1. The number of sulfone groups is 1. The van der Waals surface area contributed by atoms with Crippen molar-refractivity contribution in [2.45, 2.75) is 136 Å². The van der Waals surface area contributed by atoms with Gasteiger partial charge in [-0.3, -0.25) is 39.1 Å². The van der Waals surface area contributed by atoms with Crippen LogP contribution in [0.1, 0.15) is 130 Å². The number of allylic oxidation sites excluding steroid dienone is 1. The zero-order valence-corrected chi connectivity index (χ0v) is 57.8. The van der Waals surface area contributed by atoms with E-state index in [9.17, 15) is 54.0 Å². The monoisotopic (exact) mass is 1390 g/mol. The lowest BCUT2D eigenvalue weighted by molar-refractivity contribution is -0.136. The van der Waals surface area contributed by atoms with Crippen molar-refractivity contribution in [3.05, 3.63) is 148 Å². The van der Waals surface area contributed by atoms with E-state index in [1.54, 1.807) is 24.3 Å². The number of amides is 5. The zero-order chi connectivity index (χ0) is 68.7. The number of piperidine rings is 1. The van der Waals surface area contributed by atoms with E-state index in [0.29, 0.717) is 68.8 Å². The molecular formula is C69H84ClF3N8O11S3. The normalized spacial score (nSPS) is 17.9. The number of carbonyl (C=O) groups excluding carboxylic acids is 5. The van der Waals surface area contributed by atoms with Crippen molar-refractivity contribution in [1.82, 2.24) is 24.7 Å². The summed E-state index contributed by atoms with van der Waals surface area (Å²) in [4.78, 5) is 70.9. The summed E-state index contributed by atoms with van der Waals surface area (Å²) < 4.78 is 113. The minimum Gasteiger partial charge on any atom is -0.382 e. The molecule has 3 heterocycles. The number of halogens is 4. The lowest BCUT2D eigenvalue weighted by Gasteiger charge is -2.39. The summed E-state index contributed by atoms with van der Waals surface area (Å²) in [5.74, 6) is -3.15. The first kappa shape index (κ1) is 72.4. The van der Waals surface area contributed by atoms with Crippen molar-refractivity contribution >= 4 is 95.4 Å². The topological polar surface area (TPSA) is 233 Å². The highest BCUT2D eigenvalue weighted by atomic mass is 35.5. The Balaban J connectivity index is 0.770. The highest BCUT2D eigenvalue weighted by molar-refractivity contribution is 7.99. The van der Waals surface area contributed by atoms with Gasteiger partial charge in [-0.1, -0.05) is 67.4 Å². The zero-order valence-electron chi connectivity index (χ0n) is 54.6. The van der Waals surface area contributed by atoms with Gasteiger partial charge in [-0.15, -0.1) is 11.8 Å². The quantitative estimate of drug-likeness (QED) is 0.0198. The Morgan fingerprint density at radius 3 is 2.17 bits per heavy atom. The van der Waals surface area contributed by atoms with Gasteiger partial charge in [0.2, 0.25) is 11.8 Å². The molecule has 4 aliphatic rings. The summed E-state index contributed by atoms with van der Waals surface area (Å²) >= 11 is 7.62. The maximum Gasteiger partial charge on any atom is 0.501 e. The van der Waals surface area contributed by atoms with Crippen molar-refractivity contribution in [3.63, 3.8) is 0 Å². The van der Waals surface area contributed by atoms with Crippen molar-refractivity contribution < 1.29 is 63.5 Å². The number of imide groups is 2. The first-order valence-corrected chi connectivity index (χ1v) is 36.2.